The highest BCUT2D eigenvalue weighted by molar-refractivity contribution is 5.96. The van der Waals surface area contributed by atoms with E-state index in [0.717, 1.165) is 34.5 Å². The quantitative estimate of drug-likeness (QED) is 0.878. The van der Waals surface area contributed by atoms with Gasteiger partial charge in [0.2, 0.25) is 0 Å². The molecule has 0 aliphatic heterocycles. The Balaban J connectivity index is 3.68. The van der Waals surface area contributed by atoms with Gasteiger partial charge in [0.05, 0.1) is 7.11 Å². The van der Waals surface area contributed by atoms with Gasteiger partial charge in [-0.1, -0.05) is 41.5 Å². The number of rotatable bonds is 5. The predicted octanol–water partition coefficient (Wildman–Crippen LogP) is 3.89. The average molecular weight is 349 g/mol. The van der Waals surface area contributed by atoms with E-state index in [2.05, 4.69) is 46.9 Å². The molecule has 0 aromatic heterocycles. The lowest BCUT2D eigenvalue weighted by molar-refractivity contribution is 0.0795. The van der Waals surface area contributed by atoms with Crippen molar-refractivity contribution in [2.24, 2.45) is 0 Å². The SMILES string of the molecule is CNCCN(C)C(=O)c1cc(C(C)(C)C)c(OC)c(C(C)(C)C)c1C. The molecule has 0 unspecified atom stereocenters. The van der Waals surface area contributed by atoms with E-state index in [4.69, 9.17) is 4.74 Å². The van der Waals surface area contributed by atoms with Crippen molar-refractivity contribution in [3.05, 3.63) is 28.3 Å². The highest BCUT2D eigenvalue weighted by Gasteiger charge is 2.31. The van der Waals surface area contributed by atoms with Crippen molar-refractivity contribution in [1.29, 1.82) is 0 Å². The zero-order valence-electron chi connectivity index (χ0n) is 17.8. The van der Waals surface area contributed by atoms with Crippen LogP contribution in [0.3, 0.4) is 0 Å². The summed E-state index contributed by atoms with van der Waals surface area (Å²) in [4.78, 5) is 14.9. The third-order valence-electron chi connectivity index (χ3n) is 4.58. The fraction of sp³-hybridized carbons (Fsp3) is 0.667. The smallest absolute Gasteiger partial charge is 0.253 e. The number of carbonyl (C=O) groups excluding carboxylic acids is 1. The molecule has 0 saturated carbocycles. The highest BCUT2D eigenvalue weighted by atomic mass is 16.5. The van der Waals surface area contributed by atoms with Crippen LogP contribution in [0.5, 0.6) is 5.75 Å². The minimum absolute atomic E-state index is 0.0615. The van der Waals surface area contributed by atoms with Gasteiger partial charge in [-0.15, -0.1) is 0 Å². The molecule has 0 heterocycles. The Labute approximate surface area is 153 Å². The molecule has 0 radical (unpaired) electrons. The molecule has 25 heavy (non-hydrogen) atoms. The minimum Gasteiger partial charge on any atom is -0.496 e. The molecule has 0 aliphatic rings. The van der Waals surface area contributed by atoms with Gasteiger partial charge in [0.25, 0.3) is 5.91 Å². The Hall–Kier alpha value is -1.55. The largest absolute Gasteiger partial charge is 0.496 e. The first-order valence-corrected chi connectivity index (χ1v) is 8.98. The minimum atomic E-state index is -0.116. The summed E-state index contributed by atoms with van der Waals surface area (Å²) in [6, 6.07) is 2.03. The Kier molecular flexibility index (Phi) is 6.68. The van der Waals surface area contributed by atoms with E-state index in [1.807, 2.05) is 27.1 Å². The zero-order chi connectivity index (χ0) is 19.6. The molecule has 1 amide bonds. The average Bonchev–Trinajstić information content (AvgIpc) is 2.48. The second-order valence-corrected chi connectivity index (χ2v) is 8.84. The van der Waals surface area contributed by atoms with Gasteiger partial charge >= 0.3 is 0 Å². The van der Waals surface area contributed by atoms with Gasteiger partial charge in [0.1, 0.15) is 5.75 Å². The van der Waals surface area contributed by atoms with E-state index in [-0.39, 0.29) is 16.7 Å². The van der Waals surface area contributed by atoms with Crippen LogP contribution < -0.4 is 10.1 Å². The van der Waals surface area contributed by atoms with Gasteiger partial charge < -0.3 is 15.0 Å². The van der Waals surface area contributed by atoms with Gasteiger partial charge in [0.15, 0.2) is 0 Å². The molecule has 1 rings (SSSR count). The van der Waals surface area contributed by atoms with E-state index < -0.39 is 0 Å². The molecule has 4 nitrogen and oxygen atoms in total. The van der Waals surface area contributed by atoms with Gasteiger partial charge in [-0.25, -0.2) is 0 Å². The second-order valence-electron chi connectivity index (χ2n) is 8.84. The molecule has 1 N–H and O–H groups in total. The van der Waals surface area contributed by atoms with Crippen LogP contribution in [0.15, 0.2) is 6.07 Å². The summed E-state index contributed by atoms with van der Waals surface area (Å²) in [7, 11) is 5.48. The number of carbonyl (C=O) groups is 1. The van der Waals surface area contributed by atoms with Crippen LogP contribution in [0.1, 0.15) is 68.6 Å². The monoisotopic (exact) mass is 348 g/mol. The number of hydrogen-bond acceptors (Lipinski definition) is 3. The molecule has 0 spiro atoms. The Bertz CT molecular complexity index is 622. The van der Waals surface area contributed by atoms with Gasteiger partial charge in [-0.3, -0.25) is 4.79 Å². The van der Waals surface area contributed by atoms with Crippen molar-refractivity contribution in [1.82, 2.24) is 10.2 Å². The maximum Gasteiger partial charge on any atom is 0.253 e. The molecular formula is C21H36N2O2. The summed E-state index contributed by atoms with van der Waals surface area (Å²) in [6.07, 6.45) is 0. The van der Waals surface area contributed by atoms with Crippen molar-refractivity contribution in [3.63, 3.8) is 0 Å². The topological polar surface area (TPSA) is 41.6 Å². The molecule has 1 aromatic carbocycles. The number of hydrogen-bond donors (Lipinski definition) is 1. The molecule has 4 heteroatoms. The molecule has 142 valence electrons. The zero-order valence-corrected chi connectivity index (χ0v) is 17.8. The molecular weight excluding hydrogens is 312 g/mol. The number of methoxy groups -OCH3 is 1. The third kappa shape index (κ3) is 4.75. The van der Waals surface area contributed by atoms with Crippen LogP contribution in [0.4, 0.5) is 0 Å². The predicted molar refractivity (Wildman–Crippen MR) is 106 cm³/mol. The maximum atomic E-state index is 13.1. The lowest BCUT2D eigenvalue weighted by Crippen LogP contribution is -2.34. The second kappa shape index (κ2) is 7.77. The molecule has 0 saturated heterocycles. The third-order valence-corrected chi connectivity index (χ3v) is 4.58. The summed E-state index contributed by atoms with van der Waals surface area (Å²) < 4.78 is 5.84. The van der Waals surface area contributed by atoms with Crippen molar-refractivity contribution in [2.75, 3.05) is 34.3 Å². The number of nitrogens with zero attached hydrogens (tertiary/aromatic N) is 1. The summed E-state index contributed by atoms with van der Waals surface area (Å²) >= 11 is 0. The van der Waals surface area contributed by atoms with Crippen molar-refractivity contribution in [2.45, 2.75) is 59.3 Å². The first-order valence-electron chi connectivity index (χ1n) is 8.98. The van der Waals surface area contributed by atoms with Crippen molar-refractivity contribution >= 4 is 5.91 Å². The Morgan fingerprint density at radius 3 is 2.12 bits per heavy atom. The van der Waals surface area contributed by atoms with Gasteiger partial charge in [-0.2, -0.15) is 0 Å². The number of amides is 1. The Morgan fingerprint density at radius 1 is 1.16 bits per heavy atom. The van der Waals surface area contributed by atoms with Crippen LogP contribution in [0.25, 0.3) is 0 Å². The summed E-state index contributed by atoms with van der Waals surface area (Å²) in [5.41, 5.74) is 3.75. The van der Waals surface area contributed by atoms with E-state index in [0.29, 0.717) is 6.54 Å². The molecule has 0 fully saturated rings. The van der Waals surface area contributed by atoms with Crippen molar-refractivity contribution < 1.29 is 9.53 Å². The van der Waals surface area contributed by atoms with Gasteiger partial charge in [0, 0.05) is 36.8 Å². The van der Waals surface area contributed by atoms with E-state index in [9.17, 15) is 4.79 Å². The number of benzene rings is 1. The van der Waals surface area contributed by atoms with Crippen LogP contribution in [-0.2, 0) is 10.8 Å². The van der Waals surface area contributed by atoms with E-state index >= 15 is 0 Å². The number of nitrogens with one attached hydrogen (secondary N) is 1. The van der Waals surface area contributed by atoms with Crippen molar-refractivity contribution in [3.8, 4) is 5.75 Å². The maximum absolute atomic E-state index is 13.1. The van der Waals surface area contributed by atoms with Crippen LogP contribution in [0, 0.1) is 6.92 Å². The summed E-state index contributed by atoms with van der Waals surface area (Å²) in [6.45, 7) is 16.5. The number of ether oxygens (including phenoxy) is 1. The lowest BCUT2D eigenvalue weighted by atomic mass is 9.75. The van der Waals surface area contributed by atoms with Gasteiger partial charge in [-0.05, 0) is 36.4 Å². The fourth-order valence-corrected chi connectivity index (χ4v) is 3.24. The fourth-order valence-electron chi connectivity index (χ4n) is 3.24. The Morgan fingerprint density at radius 2 is 1.72 bits per heavy atom. The van der Waals surface area contributed by atoms with Crippen LogP contribution >= 0.6 is 0 Å². The van der Waals surface area contributed by atoms with E-state index in [1.165, 1.54) is 0 Å². The highest BCUT2D eigenvalue weighted by Crippen LogP contribution is 2.43. The normalized spacial score (nSPS) is 12.2. The molecule has 1 aromatic rings. The van der Waals surface area contributed by atoms with Crippen LogP contribution in [0.2, 0.25) is 0 Å². The lowest BCUT2D eigenvalue weighted by Gasteiger charge is -2.32. The first-order chi connectivity index (χ1) is 11.4. The standard InChI is InChI=1S/C21H36N2O2/c1-14-15(19(24)23(9)12-11-22-8)13-16(20(2,3)4)18(25-10)17(14)21(5,6)7/h13,22H,11-12H2,1-10H3. The molecule has 0 bridgehead atoms. The molecule has 0 atom stereocenters. The first kappa shape index (κ1) is 21.5. The summed E-state index contributed by atoms with van der Waals surface area (Å²) in [5.74, 6) is 0.971. The number of likely N-dealkylation sites (N-methyl/N-ethyl adjacent to an activating group) is 2. The summed E-state index contributed by atoms with van der Waals surface area (Å²) in [5, 5.41) is 3.10. The van der Waals surface area contributed by atoms with Crippen LogP contribution in [-0.4, -0.2) is 45.1 Å². The van der Waals surface area contributed by atoms with E-state index in [1.54, 1.807) is 12.0 Å². The molecule has 0 aliphatic carbocycles.